The number of anilines is 1. The Morgan fingerprint density at radius 3 is 2.58 bits per heavy atom. The van der Waals surface area contributed by atoms with Gasteiger partial charge in [-0.15, -0.1) is 11.3 Å². The van der Waals surface area contributed by atoms with Crippen LogP contribution in [0.3, 0.4) is 0 Å². The first kappa shape index (κ1) is 31.5. The third-order valence-electron chi connectivity index (χ3n) is 7.07. The van der Waals surface area contributed by atoms with Gasteiger partial charge in [0.2, 0.25) is 12.4 Å². The molecule has 1 saturated heterocycles. The maximum atomic E-state index is 13.4. The Balaban J connectivity index is 1.34. The van der Waals surface area contributed by atoms with Gasteiger partial charge >= 0.3 is 12.6 Å². The zero-order valence-corrected chi connectivity index (χ0v) is 25.5. The lowest BCUT2D eigenvalue weighted by Crippen LogP contribution is -2.38. The van der Waals surface area contributed by atoms with Crippen molar-refractivity contribution in [1.29, 1.82) is 0 Å². The Morgan fingerprint density at radius 2 is 1.88 bits per heavy atom. The molecule has 232 valence electrons. The van der Waals surface area contributed by atoms with Crippen molar-refractivity contribution >= 4 is 45.5 Å². The SMILES string of the molecule is O=C(O[C@@H](Cc1c(Cl)c[n+](O)cc1Cl)c1ccc(OC(F)F)c(OCC2CC2)c1)c1ccc(NCCN2CCOCC2)s1. The standard InChI is InChI=1S/C29H31Cl2F2N3O6S/c30-21-15-36(38)16-22(31)20(21)14-24(19-3-4-23(42-29(32)33)25(13-19)40-17-18-1-2-18)41-28(37)26-5-6-27(43-26)34-7-8-35-9-11-39-12-10-35/h3-6,13,15-16,18,24,29H,1-2,7-12,14,17H2,(H-,34,37,38)/p+1/t24-/m0/s1. The van der Waals surface area contributed by atoms with Crippen LogP contribution < -0.4 is 19.5 Å². The maximum Gasteiger partial charge on any atom is 0.387 e. The Morgan fingerprint density at radius 1 is 1.14 bits per heavy atom. The summed E-state index contributed by atoms with van der Waals surface area (Å²) in [5.74, 6) is -0.219. The molecule has 3 aromatic rings. The molecule has 2 aliphatic rings. The fraction of sp³-hybridized carbons (Fsp3) is 0.448. The van der Waals surface area contributed by atoms with E-state index in [-0.39, 0.29) is 28.0 Å². The van der Waals surface area contributed by atoms with Crippen LogP contribution in [0.2, 0.25) is 10.0 Å². The number of benzene rings is 1. The van der Waals surface area contributed by atoms with E-state index in [1.165, 1.54) is 41.9 Å². The van der Waals surface area contributed by atoms with Crippen LogP contribution in [-0.4, -0.2) is 68.7 Å². The second-order valence-electron chi connectivity index (χ2n) is 10.3. The molecule has 1 aliphatic carbocycles. The van der Waals surface area contributed by atoms with Gasteiger partial charge in [0.15, 0.2) is 11.5 Å². The number of morpholine rings is 1. The largest absolute Gasteiger partial charge is 0.489 e. The third-order valence-corrected chi connectivity index (χ3v) is 8.75. The minimum atomic E-state index is -3.04. The second-order valence-corrected chi connectivity index (χ2v) is 12.2. The Labute approximate surface area is 261 Å². The van der Waals surface area contributed by atoms with Gasteiger partial charge in [0.05, 0.1) is 24.8 Å². The van der Waals surface area contributed by atoms with Gasteiger partial charge in [-0.1, -0.05) is 29.3 Å². The number of nitrogens with zero attached hydrogens (tertiary/aromatic N) is 2. The summed E-state index contributed by atoms with van der Waals surface area (Å²) in [5.41, 5.74) is 0.894. The number of ether oxygens (including phenoxy) is 4. The van der Waals surface area contributed by atoms with E-state index in [1.807, 2.05) is 6.07 Å². The summed E-state index contributed by atoms with van der Waals surface area (Å²) in [6.45, 7) is 2.12. The number of nitrogens with one attached hydrogen (secondary N) is 1. The number of rotatable bonds is 14. The maximum absolute atomic E-state index is 13.4. The van der Waals surface area contributed by atoms with Crippen LogP contribution in [0.15, 0.2) is 42.7 Å². The van der Waals surface area contributed by atoms with E-state index in [0.717, 1.165) is 55.4 Å². The Bertz CT molecular complexity index is 1380. The fourth-order valence-electron chi connectivity index (χ4n) is 4.56. The molecule has 0 bridgehead atoms. The molecule has 2 fully saturated rings. The first-order valence-corrected chi connectivity index (χ1v) is 15.5. The zero-order chi connectivity index (χ0) is 30.3. The van der Waals surface area contributed by atoms with E-state index >= 15 is 0 Å². The van der Waals surface area contributed by atoms with E-state index in [2.05, 4.69) is 15.0 Å². The predicted molar refractivity (Wildman–Crippen MR) is 157 cm³/mol. The molecular formula is C29H32Cl2F2N3O6S+. The highest BCUT2D eigenvalue weighted by molar-refractivity contribution is 7.17. The van der Waals surface area contributed by atoms with Crippen LogP contribution in [0.1, 0.15) is 39.7 Å². The molecule has 1 aromatic carbocycles. The van der Waals surface area contributed by atoms with Crippen LogP contribution in [0.4, 0.5) is 13.8 Å². The van der Waals surface area contributed by atoms with Crippen molar-refractivity contribution in [1.82, 2.24) is 4.90 Å². The van der Waals surface area contributed by atoms with Gasteiger partial charge in [-0.05, 0) is 48.6 Å². The van der Waals surface area contributed by atoms with Crippen molar-refractivity contribution in [2.24, 2.45) is 5.92 Å². The normalized spacial score (nSPS) is 16.2. The van der Waals surface area contributed by atoms with Gasteiger partial charge in [0.25, 0.3) is 0 Å². The average molecular weight is 660 g/mol. The second kappa shape index (κ2) is 14.7. The summed E-state index contributed by atoms with van der Waals surface area (Å²) in [5, 5.41) is 14.3. The highest BCUT2D eigenvalue weighted by atomic mass is 35.5. The van der Waals surface area contributed by atoms with Crippen molar-refractivity contribution in [2.45, 2.75) is 32.0 Å². The Kier molecular flexibility index (Phi) is 10.8. The molecule has 1 aliphatic heterocycles. The summed E-state index contributed by atoms with van der Waals surface area (Å²) in [6.07, 6.45) is 3.65. The lowest BCUT2D eigenvalue weighted by atomic mass is 10.0. The highest BCUT2D eigenvalue weighted by Crippen LogP contribution is 2.38. The van der Waals surface area contributed by atoms with E-state index in [4.69, 9.17) is 37.4 Å². The van der Waals surface area contributed by atoms with Gasteiger partial charge in [0, 0.05) is 42.9 Å². The molecule has 3 heterocycles. The first-order chi connectivity index (χ1) is 20.7. The number of aromatic nitrogens is 1. The van der Waals surface area contributed by atoms with Crippen molar-refractivity contribution in [3.8, 4) is 11.5 Å². The Hall–Kier alpha value is -2.90. The van der Waals surface area contributed by atoms with Crippen molar-refractivity contribution < 1.29 is 42.5 Å². The molecule has 0 amide bonds. The number of hydrogen-bond acceptors (Lipinski definition) is 9. The molecule has 14 heteroatoms. The number of carbonyl (C=O) groups is 1. The minimum absolute atomic E-state index is 0.0391. The topological polar surface area (TPSA) is 93.4 Å². The lowest BCUT2D eigenvalue weighted by Gasteiger charge is -2.26. The molecule has 0 spiro atoms. The molecule has 1 saturated carbocycles. The molecule has 0 radical (unpaired) electrons. The summed E-state index contributed by atoms with van der Waals surface area (Å²) in [4.78, 5) is 16.1. The molecule has 1 atom stereocenters. The van der Waals surface area contributed by atoms with Crippen LogP contribution in [0, 0.1) is 5.92 Å². The number of hydrogen-bond donors (Lipinski definition) is 2. The van der Waals surface area contributed by atoms with Crippen molar-refractivity contribution in [3.63, 3.8) is 0 Å². The van der Waals surface area contributed by atoms with Crippen molar-refractivity contribution in [2.75, 3.05) is 51.3 Å². The zero-order valence-electron chi connectivity index (χ0n) is 23.1. The van der Waals surface area contributed by atoms with Gasteiger partial charge in [-0.25, -0.2) is 4.79 Å². The number of esters is 1. The number of carbonyl (C=O) groups excluding carboxylic acids is 1. The van der Waals surface area contributed by atoms with E-state index in [0.29, 0.717) is 35.1 Å². The number of halogens is 4. The number of pyridine rings is 1. The molecule has 43 heavy (non-hydrogen) atoms. The minimum Gasteiger partial charge on any atom is -0.489 e. The number of thiophene rings is 1. The van der Waals surface area contributed by atoms with Crippen LogP contribution >= 0.6 is 34.5 Å². The van der Waals surface area contributed by atoms with E-state index in [1.54, 1.807) is 6.07 Å². The molecular weight excluding hydrogens is 627 g/mol. The molecule has 0 unspecified atom stereocenters. The summed E-state index contributed by atoms with van der Waals surface area (Å²) in [6, 6.07) is 7.93. The van der Waals surface area contributed by atoms with Crippen LogP contribution in [-0.2, 0) is 15.9 Å². The van der Waals surface area contributed by atoms with Crippen LogP contribution in [0.25, 0.3) is 0 Å². The molecule has 5 rings (SSSR count). The summed E-state index contributed by atoms with van der Waals surface area (Å²) >= 11 is 14.0. The molecule has 2 N–H and O–H groups in total. The van der Waals surface area contributed by atoms with Gasteiger partial charge in [-0.2, -0.15) is 8.78 Å². The predicted octanol–water partition coefficient (Wildman–Crippen LogP) is 5.85. The number of alkyl halides is 2. The summed E-state index contributed by atoms with van der Waals surface area (Å²) < 4.78 is 48.8. The van der Waals surface area contributed by atoms with Crippen molar-refractivity contribution in [3.05, 3.63) is 68.8 Å². The van der Waals surface area contributed by atoms with Gasteiger partial charge < -0.3 is 24.3 Å². The lowest BCUT2D eigenvalue weighted by molar-refractivity contribution is -0.904. The third kappa shape index (κ3) is 9.05. The van der Waals surface area contributed by atoms with Crippen LogP contribution in [0.5, 0.6) is 11.5 Å². The molecule has 2 aromatic heterocycles. The highest BCUT2D eigenvalue weighted by Gasteiger charge is 2.27. The average Bonchev–Trinajstić information content (AvgIpc) is 3.68. The quantitative estimate of drug-likeness (QED) is 0.127. The van der Waals surface area contributed by atoms with Gasteiger partial charge in [0.1, 0.15) is 21.0 Å². The molecule has 9 nitrogen and oxygen atoms in total. The summed E-state index contributed by atoms with van der Waals surface area (Å²) in [7, 11) is 0. The first-order valence-electron chi connectivity index (χ1n) is 13.9. The van der Waals surface area contributed by atoms with Gasteiger partial charge in [-0.3, -0.25) is 10.1 Å². The smallest absolute Gasteiger partial charge is 0.387 e. The monoisotopic (exact) mass is 658 g/mol. The van der Waals surface area contributed by atoms with E-state index < -0.39 is 18.7 Å². The van der Waals surface area contributed by atoms with E-state index in [9.17, 15) is 18.8 Å². The fourth-order valence-corrected chi connectivity index (χ4v) is 5.98.